The highest BCUT2D eigenvalue weighted by atomic mass is 32.2. The van der Waals surface area contributed by atoms with Crippen LogP contribution in [-0.2, 0) is 9.84 Å². The van der Waals surface area contributed by atoms with Gasteiger partial charge in [-0.3, -0.25) is 0 Å². The molecule has 0 atom stereocenters. The number of H-pyrrole nitrogens is 1. The predicted octanol–water partition coefficient (Wildman–Crippen LogP) is 1.64. The second kappa shape index (κ2) is 5.23. The van der Waals surface area contributed by atoms with E-state index in [1.807, 2.05) is 0 Å². The quantitative estimate of drug-likeness (QED) is 0.760. The summed E-state index contributed by atoms with van der Waals surface area (Å²) in [5.74, 6) is 0.192. The zero-order chi connectivity index (χ0) is 15.7. The van der Waals surface area contributed by atoms with Gasteiger partial charge in [0.25, 0.3) is 0 Å². The van der Waals surface area contributed by atoms with Gasteiger partial charge in [-0.2, -0.15) is 5.21 Å². The number of tetrazole rings is 1. The summed E-state index contributed by atoms with van der Waals surface area (Å²) >= 11 is 0. The van der Waals surface area contributed by atoms with Crippen LogP contribution in [0.25, 0.3) is 22.5 Å². The van der Waals surface area contributed by atoms with Crippen LogP contribution < -0.4 is 0 Å². The van der Waals surface area contributed by atoms with E-state index >= 15 is 0 Å². The molecule has 0 aliphatic rings. The van der Waals surface area contributed by atoms with Crippen molar-refractivity contribution in [3.63, 3.8) is 0 Å². The third kappa shape index (κ3) is 2.44. The average Bonchev–Trinajstić information content (AvgIpc) is 3.00. The predicted molar refractivity (Wildman–Crippen MR) is 79.8 cm³/mol. The molecule has 2 aromatic carbocycles. The molecule has 3 aromatic rings. The lowest BCUT2D eigenvalue weighted by Gasteiger charge is -2.12. The summed E-state index contributed by atoms with van der Waals surface area (Å²) in [6.07, 6.45) is 1.11. The monoisotopic (exact) mass is 316 g/mol. The lowest BCUT2D eigenvalue weighted by atomic mass is 9.98. The Hall–Kier alpha value is -2.74. The van der Waals surface area contributed by atoms with Crippen LogP contribution in [0, 0.1) is 0 Å². The number of nitrogens with zero attached hydrogens (tertiary/aromatic N) is 3. The summed E-state index contributed by atoms with van der Waals surface area (Å²) in [6, 6.07) is 11.5. The van der Waals surface area contributed by atoms with Gasteiger partial charge in [-0.15, -0.1) is 10.2 Å². The van der Waals surface area contributed by atoms with E-state index in [0.29, 0.717) is 16.7 Å². The van der Waals surface area contributed by atoms with E-state index in [2.05, 4.69) is 20.6 Å². The Morgan fingerprint density at radius 2 is 1.77 bits per heavy atom. The van der Waals surface area contributed by atoms with Crippen LogP contribution in [0.4, 0.5) is 0 Å². The molecule has 1 aromatic heterocycles. The van der Waals surface area contributed by atoms with Gasteiger partial charge >= 0.3 is 0 Å². The van der Waals surface area contributed by atoms with Gasteiger partial charge in [-0.05, 0) is 22.9 Å². The highest BCUT2D eigenvalue weighted by molar-refractivity contribution is 7.90. The normalized spacial score (nSPS) is 11.5. The first-order chi connectivity index (χ1) is 10.5. The molecule has 2 N–H and O–H groups in total. The number of rotatable bonds is 3. The Morgan fingerprint density at radius 1 is 1.05 bits per heavy atom. The molecule has 0 saturated heterocycles. The summed E-state index contributed by atoms with van der Waals surface area (Å²) in [7, 11) is -3.51. The first-order valence-corrected chi connectivity index (χ1v) is 8.23. The standard InChI is InChI=1S/C14H12N4O3S/c1-22(20,21)12-8-4-6-10(9-5-2-3-7-11(9)19)13(12)14-15-17-18-16-14/h2-8,19H,1H3,(H,15,16,17,18). The minimum absolute atomic E-state index is 0.0397. The number of aromatic hydroxyl groups is 1. The average molecular weight is 316 g/mol. The Bertz CT molecular complexity index is 921. The van der Waals surface area contributed by atoms with Crippen molar-refractivity contribution in [2.45, 2.75) is 4.90 Å². The Labute approximate surface area is 126 Å². The molecule has 22 heavy (non-hydrogen) atoms. The molecule has 112 valence electrons. The van der Waals surface area contributed by atoms with Crippen molar-refractivity contribution in [1.29, 1.82) is 0 Å². The lowest BCUT2D eigenvalue weighted by Crippen LogP contribution is -2.02. The first-order valence-electron chi connectivity index (χ1n) is 6.34. The van der Waals surface area contributed by atoms with Crippen molar-refractivity contribution in [1.82, 2.24) is 20.6 Å². The van der Waals surface area contributed by atoms with Crippen LogP contribution >= 0.6 is 0 Å². The number of aromatic amines is 1. The molecule has 0 radical (unpaired) electrons. The maximum atomic E-state index is 12.1. The van der Waals surface area contributed by atoms with Crippen molar-refractivity contribution in [2.24, 2.45) is 0 Å². The number of phenols is 1. The molecule has 0 fully saturated rings. The number of aromatic nitrogens is 4. The molecule has 0 amide bonds. The molecule has 0 bridgehead atoms. The van der Waals surface area contributed by atoms with Gasteiger partial charge in [0.15, 0.2) is 9.84 Å². The van der Waals surface area contributed by atoms with Crippen molar-refractivity contribution in [2.75, 3.05) is 6.26 Å². The molecule has 1 heterocycles. The molecule has 8 heteroatoms. The van der Waals surface area contributed by atoms with E-state index < -0.39 is 9.84 Å². The van der Waals surface area contributed by atoms with Crippen molar-refractivity contribution in [3.05, 3.63) is 42.5 Å². The van der Waals surface area contributed by atoms with Crippen LogP contribution in [0.3, 0.4) is 0 Å². The van der Waals surface area contributed by atoms with Gasteiger partial charge in [0, 0.05) is 17.4 Å². The summed E-state index contributed by atoms with van der Waals surface area (Å²) in [5, 5.41) is 23.6. The van der Waals surface area contributed by atoms with Crippen LogP contribution in [0.1, 0.15) is 0 Å². The van der Waals surface area contributed by atoms with Crippen molar-refractivity contribution in [3.8, 4) is 28.3 Å². The fraction of sp³-hybridized carbons (Fsp3) is 0.0714. The van der Waals surface area contributed by atoms with Crippen molar-refractivity contribution >= 4 is 9.84 Å². The van der Waals surface area contributed by atoms with Gasteiger partial charge in [-0.1, -0.05) is 30.3 Å². The van der Waals surface area contributed by atoms with Gasteiger partial charge in [0.1, 0.15) is 5.75 Å². The molecule has 3 rings (SSSR count). The van der Waals surface area contributed by atoms with Crippen LogP contribution in [0.2, 0.25) is 0 Å². The van der Waals surface area contributed by atoms with E-state index in [-0.39, 0.29) is 16.5 Å². The van der Waals surface area contributed by atoms with Crippen LogP contribution in [-0.4, -0.2) is 40.4 Å². The van der Waals surface area contributed by atoms with Gasteiger partial charge in [0.2, 0.25) is 5.82 Å². The molecular formula is C14H12N4O3S. The molecule has 7 nitrogen and oxygen atoms in total. The Balaban J connectivity index is 2.40. The maximum absolute atomic E-state index is 12.1. The Morgan fingerprint density at radius 3 is 2.41 bits per heavy atom. The Kier molecular flexibility index (Phi) is 3.38. The fourth-order valence-electron chi connectivity index (χ4n) is 2.26. The van der Waals surface area contributed by atoms with Crippen molar-refractivity contribution < 1.29 is 13.5 Å². The summed E-state index contributed by atoms with van der Waals surface area (Å²) < 4.78 is 24.1. The smallest absolute Gasteiger partial charge is 0.206 e. The summed E-state index contributed by atoms with van der Waals surface area (Å²) in [5.41, 5.74) is 1.32. The van der Waals surface area contributed by atoms with Crippen LogP contribution in [0.15, 0.2) is 47.4 Å². The lowest BCUT2D eigenvalue weighted by molar-refractivity contribution is 0.477. The maximum Gasteiger partial charge on any atom is 0.206 e. The third-order valence-corrected chi connectivity index (χ3v) is 4.33. The van der Waals surface area contributed by atoms with Crippen LogP contribution in [0.5, 0.6) is 5.75 Å². The van der Waals surface area contributed by atoms with Gasteiger partial charge in [0.05, 0.1) is 4.90 Å². The number of hydrogen-bond acceptors (Lipinski definition) is 6. The number of phenolic OH excluding ortho intramolecular Hbond substituents is 1. The molecule has 0 aliphatic carbocycles. The van der Waals surface area contributed by atoms with E-state index in [9.17, 15) is 13.5 Å². The van der Waals surface area contributed by atoms with E-state index in [1.54, 1.807) is 30.3 Å². The molecule has 0 aliphatic heterocycles. The second-order valence-electron chi connectivity index (χ2n) is 4.70. The number of sulfone groups is 1. The topological polar surface area (TPSA) is 109 Å². The number of nitrogens with one attached hydrogen (secondary N) is 1. The molecule has 0 unspecified atom stereocenters. The molecule has 0 saturated carbocycles. The minimum Gasteiger partial charge on any atom is -0.507 e. The van der Waals surface area contributed by atoms with Gasteiger partial charge in [-0.25, -0.2) is 8.42 Å². The fourth-order valence-corrected chi connectivity index (χ4v) is 3.16. The molecular weight excluding hydrogens is 304 g/mol. The minimum atomic E-state index is -3.51. The SMILES string of the molecule is CS(=O)(=O)c1cccc(-c2ccccc2O)c1-c1nn[nH]n1. The highest BCUT2D eigenvalue weighted by Crippen LogP contribution is 2.38. The number of para-hydroxylation sites is 1. The number of benzene rings is 2. The third-order valence-electron chi connectivity index (χ3n) is 3.19. The zero-order valence-electron chi connectivity index (χ0n) is 11.6. The summed E-state index contributed by atoms with van der Waals surface area (Å²) in [6.45, 7) is 0. The van der Waals surface area contributed by atoms with E-state index in [0.717, 1.165) is 6.26 Å². The van der Waals surface area contributed by atoms with E-state index in [4.69, 9.17) is 0 Å². The molecule has 0 spiro atoms. The first kappa shape index (κ1) is 14.2. The van der Waals surface area contributed by atoms with Gasteiger partial charge < -0.3 is 5.11 Å². The highest BCUT2D eigenvalue weighted by Gasteiger charge is 2.22. The summed E-state index contributed by atoms with van der Waals surface area (Å²) in [4.78, 5) is 0.0784. The number of hydrogen-bond donors (Lipinski definition) is 2. The second-order valence-corrected chi connectivity index (χ2v) is 6.69. The van der Waals surface area contributed by atoms with E-state index in [1.165, 1.54) is 12.1 Å². The zero-order valence-corrected chi connectivity index (χ0v) is 12.4. The largest absolute Gasteiger partial charge is 0.507 e.